The van der Waals surface area contributed by atoms with E-state index in [9.17, 15) is 4.79 Å². The molecule has 0 saturated heterocycles. The Balaban J connectivity index is 1.67. The number of carbonyl (C=O) groups excluding carboxylic acids is 1. The molecular formula is C21H22N2O. The van der Waals surface area contributed by atoms with Gasteiger partial charge in [0.05, 0.1) is 6.54 Å². The van der Waals surface area contributed by atoms with Gasteiger partial charge in [-0.05, 0) is 40.8 Å². The first-order valence-corrected chi connectivity index (χ1v) is 8.17. The normalized spacial score (nSPS) is 11.3. The van der Waals surface area contributed by atoms with Crippen molar-refractivity contribution in [2.24, 2.45) is 0 Å². The van der Waals surface area contributed by atoms with Crippen LogP contribution in [0.5, 0.6) is 0 Å². The van der Waals surface area contributed by atoms with Crippen LogP contribution >= 0.6 is 0 Å². The molecule has 1 N–H and O–H groups in total. The van der Waals surface area contributed by atoms with E-state index in [1.165, 1.54) is 22.3 Å². The predicted octanol–water partition coefficient (Wildman–Crippen LogP) is 3.87. The average Bonchev–Trinajstić information content (AvgIpc) is 2.97. The Labute approximate surface area is 143 Å². The second-order valence-corrected chi connectivity index (χ2v) is 5.94. The van der Waals surface area contributed by atoms with Crippen molar-refractivity contribution < 1.29 is 4.79 Å². The molecule has 0 aromatic heterocycles. The summed E-state index contributed by atoms with van der Waals surface area (Å²) in [4.78, 5) is 14.0. The van der Waals surface area contributed by atoms with Crippen LogP contribution in [-0.4, -0.2) is 30.4 Å². The van der Waals surface area contributed by atoms with Crippen LogP contribution in [0.4, 0.5) is 5.69 Å². The number of nitrogens with one attached hydrogen (secondary N) is 1. The van der Waals surface area contributed by atoms with Gasteiger partial charge in [-0.15, -0.1) is 13.2 Å². The minimum absolute atomic E-state index is 0.0404. The summed E-state index contributed by atoms with van der Waals surface area (Å²) in [6.45, 7) is 8.73. The Hall–Kier alpha value is -2.81. The van der Waals surface area contributed by atoms with Crippen LogP contribution in [0.25, 0.3) is 11.1 Å². The third kappa shape index (κ3) is 3.25. The first kappa shape index (κ1) is 16.1. The van der Waals surface area contributed by atoms with Gasteiger partial charge in [0.1, 0.15) is 0 Å². The van der Waals surface area contributed by atoms with E-state index in [2.05, 4.69) is 54.9 Å². The highest BCUT2D eigenvalue weighted by Crippen LogP contribution is 2.37. The molecule has 0 atom stereocenters. The van der Waals surface area contributed by atoms with Crippen LogP contribution < -0.4 is 5.32 Å². The van der Waals surface area contributed by atoms with Gasteiger partial charge in [-0.25, -0.2) is 0 Å². The molecule has 0 saturated carbocycles. The summed E-state index contributed by atoms with van der Waals surface area (Å²) in [6, 6.07) is 14.8. The number of carbonyl (C=O) groups is 1. The van der Waals surface area contributed by atoms with Gasteiger partial charge >= 0.3 is 0 Å². The van der Waals surface area contributed by atoms with Crippen molar-refractivity contribution in [1.29, 1.82) is 0 Å². The molecule has 1 aliphatic rings. The SMILES string of the molecule is C=CCN(CC=C)C(=O)CNc1ccc2c(c1)Cc1ccccc1-2. The minimum atomic E-state index is 0.0404. The van der Waals surface area contributed by atoms with E-state index in [1.807, 2.05) is 6.07 Å². The molecule has 0 fully saturated rings. The fourth-order valence-corrected chi connectivity index (χ4v) is 3.13. The zero-order chi connectivity index (χ0) is 16.9. The Bertz CT molecular complexity index is 769. The maximum absolute atomic E-state index is 12.3. The molecule has 2 aromatic carbocycles. The Morgan fingerprint density at radius 1 is 1.04 bits per heavy atom. The van der Waals surface area contributed by atoms with Gasteiger partial charge in [0.25, 0.3) is 0 Å². The summed E-state index contributed by atoms with van der Waals surface area (Å²) in [5, 5.41) is 3.24. The lowest BCUT2D eigenvalue weighted by atomic mass is 10.1. The summed E-state index contributed by atoms with van der Waals surface area (Å²) in [7, 11) is 0. The summed E-state index contributed by atoms with van der Waals surface area (Å²) in [5.74, 6) is 0.0404. The zero-order valence-electron chi connectivity index (χ0n) is 13.8. The van der Waals surface area contributed by atoms with Gasteiger partial charge < -0.3 is 10.2 Å². The summed E-state index contributed by atoms with van der Waals surface area (Å²) < 4.78 is 0. The molecular weight excluding hydrogens is 296 g/mol. The van der Waals surface area contributed by atoms with Crippen LogP contribution in [0.1, 0.15) is 11.1 Å². The zero-order valence-corrected chi connectivity index (χ0v) is 13.8. The van der Waals surface area contributed by atoms with Crippen LogP contribution in [0.15, 0.2) is 67.8 Å². The van der Waals surface area contributed by atoms with Crippen LogP contribution in [0.3, 0.4) is 0 Å². The van der Waals surface area contributed by atoms with Gasteiger partial charge in [0.15, 0.2) is 0 Å². The number of amides is 1. The van der Waals surface area contributed by atoms with Crippen molar-refractivity contribution in [2.75, 3.05) is 25.0 Å². The standard InChI is InChI=1S/C21H22N2O/c1-3-11-23(12-4-2)21(24)15-22-18-9-10-20-17(14-18)13-16-7-5-6-8-19(16)20/h3-10,14,22H,1-2,11-13,15H2. The second kappa shape index (κ2) is 7.18. The van der Waals surface area contributed by atoms with Gasteiger partial charge in [-0.1, -0.05) is 42.5 Å². The maximum atomic E-state index is 12.3. The molecule has 1 aliphatic carbocycles. The summed E-state index contributed by atoms with van der Waals surface area (Å²) >= 11 is 0. The highest BCUT2D eigenvalue weighted by Gasteiger charge is 2.18. The lowest BCUT2D eigenvalue weighted by Crippen LogP contribution is -2.35. The fraction of sp³-hybridized carbons (Fsp3) is 0.190. The van der Waals surface area contributed by atoms with E-state index in [0.29, 0.717) is 13.1 Å². The summed E-state index contributed by atoms with van der Waals surface area (Å²) in [6.07, 6.45) is 4.41. The van der Waals surface area contributed by atoms with Gasteiger partial charge in [0.2, 0.25) is 5.91 Å². The van der Waals surface area contributed by atoms with Crippen molar-refractivity contribution in [1.82, 2.24) is 4.90 Å². The van der Waals surface area contributed by atoms with Crippen molar-refractivity contribution in [3.8, 4) is 11.1 Å². The predicted molar refractivity (Wildman–Crippen MR) is 100 cm³/mol. The lowest BCUT2D eigenvalue weighted by Gasteiger charge is -2.20. The van der Waals surface area contributed by atoms with Gasteiger partial charge in [0, 0.05) is 18.8 Å². The highest BCUT2D eigenvalue weighted by molar-refractivity contribution is 5.82. The molecule has 0 radical (unpaired) electrons. The molecule has 3 heteroatoms. The van der Waals surface area contributed by atoms with E-state index in [0.717, 1.165) is 12.1 Å². The lowest BCUT2D eigenvalue weighted by molar-refractivity contribution is -0.128. The largest absolute Gasteiger partial charge is 0.376 e. The first-order chi connectivity index (χ1) is 11.7. The number of hydrogen-bond donors (Lipinski definition) is 1. The Kier molecular flexibility index (Phi) is 4.80. The van der Waals surface area contributed by atoms with Crippen molar-refractivity contribution in [3.05, 3.63) is 78.9 Å². The highest BCUT2D eigenvalue weighted by atomic mass is 16.2. The third-order valence-electron chi connectivity index (χ3n) is 4.29. The van der Waals surface area contributed by atoms with Crippen LogP contribution in [0.2, 0.25) is 0 Å². The smallest absolute Gasteiger partial charge is 0.242 e. The molecule has 0 aliphatic heterocycles. The Morgan fingerprint density at radius 2 is 1.75 bits per heavy atom. The number of rotatable bonds is 7. The molecule has 24 heavy (non-hydrogen) atoms. The van der Waals surface area contributed by atoms with Crippen LogP contribution in [-0.2, 0) is 11.2 Å². The molecule has 0 spiro atoms. The van der Waals surface area contributed by atoms with Crippen molar-refractivity contribution in [2.45, 2.75) is 6.42 Å². The molecule has 3 rings (SSSR count). The first-order valence-electron chi connectivity index (χ1n) is 8.17. The fourth-order valence-electron chi connectivity index (χ4n) is 3.13. The number of nitrogens with zero attached hydrogens (tertiary/aromatic N) is 1. The molecule has 0 unspecified atom stereocenters. The van der Waals surface area contributed by atoms with E-state index in [4.69, 9.17) is 0 Å². The number of benzene rings is 2. The molecule has 0 bridgehead atoms. The second-order valence-electron chi connectivity index (χ2n) is 5.94. The van der Waals surface area contributed by atoms with Gasteiger partial charge in [-0.3, -0.25) is 4.79 Å². The van der Waals surface area contributed by atoms with E-state index < -0.39 is 0 Å². The number of anilines is 1. The van der Waals surface area contributed by atoms with E-state index in [1.54, 1.807) is 17.1 Å². The Morgan fingerprint density at radius 3 is 2.50 bits per heavy atom. The molecule has 0 heterocycles. The average molecular weight is 318 g/mol. The maximum Gasteiger partial charge on any atom is 0.242 e. The van der Waals surface area contributed by atoms with Crippen molar-refractivity contribution >= 4 is 11.6 Å². The molecule has 122 valence electrons. The molecule has 3 nitrogen and oxygen atoms in total. The van der Waals surface area contributed by atoms with E-state index in [-0.39, 0.29) is 12.5 Å². The number of fused-ring (bicyclic) bond motifs is 3. The number of hydrogen-bond acceptors (Lipinski definition) is 2. The topological polar surface area (TPSA) is 32.3 Å². The molecule has 2 aromatic rings. The van der Waals surface area contributed by atoms with Crippen LogP contribution in [0, 0.1) is 0 Å². The van der Waals surface area contributed by atoms with E-state index >= 15 is 0 Å². The third-order valence-corrected chi connectivity index (χ3v) is 4.29. The minimum Gasteiger partial charge on any atom is -0.376 e. The van der Waals surface area contributed by atoms with Gasteiger partial charge in [-0.2, -0.15) is 0 Å². The summed E-state index contributed by atoms with van der Waals surface area (Å²) in [5.41, 5.74) is 6.26. The monoisotopic (exact) mass is 318 g/mol. The van der Waals surface area contributed by atoms with Crippen molar-refractivity contribution in [3.63, 3.8) is 0 Å². The quantitative estimate of drug-likeness (QED) is 0.671. The molecule has 1 amide bonds.